The van der Waals surface area contributed by atoms with E-state index in [0.717, 1.165) is 24.8 Å². The van der Waals surface area contributed by atoms with Gasteiger partial charge >= 0.3 is 0 Å². The number of hydrogen-bond donors (Lipinski definition) is 1. The summed E-state index contributed by atoms with van der Waals surface area (Å²) >= 11 is 7.36. The minimum absolute atomic E-state index is 0.121. The second-order valence-corrected chi connectivity index (χ2v) is 6.02. The zero-order valence-corrected chi connectivity index (χ0v) is 12.1. The van der Waals surface area contributed by atoms with Gasteiger partial charge in [0.05, 0.1) is 11.1 Å². The van der Waals surface area contributed by atoms with Gasteiger partial charge in [0, 0.05) is 4.88 Å². The van der Waals surface area contributed by atoms with Crippen LogP contribution in [0.2, 0.25) is 5.02 Å². The van der Waals surface area contributed by atoms with Crippen LogP contribution in [0.4, 0.5) is 4.39 Å². The summed E-state index contributed by atoms with van der Waals surface area (Å²) in [6.07, 6.45) is 2.70. The number of aliphatic hydroxyl groups excluding tert-OH is 1. The van der Waals surface area contributed by atoms with E-state index >= 15 is 0 Å². The van der Waals surface area contributed by atoms with E-state index in [2.05, 4.69) is 11.4 Å². The molecular formula is C15H16ClFOS. The number of thiophene rings is 1. The SMILES string of the molecule is OC(CCCc1cccs1)Cc1ccc(Cl)c(F)c1. The van der Waals surface area contributed by atoms with Gasteiger partial charge in [0.1, 0.15) is 5.82 Å². The number of rotatable bonds is 6. The smallest absolute Gasteiger partial charge is 0.142 e. The minimum Gasteiger partial charge on any atom is -0.393 e. The Hall–Kier alpha value is -0.900. The van der Waals surface area contributed by atoms with Gasteiger partial charge in [-0.1, -0.05) is 23.7 Å². The molecule has 1 unspecified atom stereocenters. The molecule has 1 nitrogen and oxygen atoms in total. The third-order valence-electron chi connectivity index (χ3n) is 3.00. The van der Waals surface area contributed by atoms with Crippen molar-refractivity contribution in [2.45, 2.75) is 31.8 Å². The molecule has 0 radical (unpaired) electrons. The highest BCUT2D eigenvalue weighted by Gasteiger charge is 2.08. The van der Waals surface area contributed by atoms with Crippen LogP contribution < -0.4 is 0 Å². The first kappa shape index (κ1) is 14.5. The van der Waals surface area contributed by atoms with E-state index in [-0.39, 0.29) is 5.02 Å². The van der Waals surface area contributed by atoms with Gasteiger partial charge in [0.2, 0.25) is 0 Å². The van der Waals surface area contributed by atoms with Gasteiger partial charge in [-0.15, -0.1) is 11.3 Å². The fraction of sp³-hybridized carbons (Fsp3) is 0.333. The first-order valence-corrected chi connectivity index (χ1v) is 7.55. The van der Waals surface area contributed by atoms with E-state index in [0.29, 0.717) is 6.42 Å². The molecule has 1 aromatic heterocycles. The Morgan fingerprint density at radius 1 is 1.32 bits per heavy atom. The topological polar surface area (TPSA) is 20.2 Å². The fourth-order valence-electron chi connectivity index (χ4n) is 2.01. The largest absolute Gasteiger partial charge is 0.393 e. The first-order chi connectivity index (χ1) is 9.15. The second kappa shape index (κ2) is 7.04. The Kier molecular flexibility index (Phi) is 5.37. The molecule has 0 bridgehead atoms. The molecule has 2 rings (SSSR count). The fourth-order valence-corrected chi connectivity index (χ4v) is 2.88. The molecule has 0 amide bonds. The van der Waals surface area contributed by atoms with Crippen LogP contribution >= 0.6 is 22.9 Å². The molecule has 1 N–H and O–H groups in total. The predicted molar refractivity (Wildman–Crippen MR) is 78.4 cm³/mol. The molecule has 1 aromatic carbocycles. The van der Waals surface area contributed by atoms with Crippen LogP contribution in [0, 0.1) is 5.82 Å². The maximum Gasteiger partial charge on any atom is 0.142 e. The van der Waals surface area contributed by atoms with Crippen LogP contribution in [0.15, 0.2) is 35.7 Å². The summed E-state index contributed by atoms with van der Waals surface area (Å²) in [6, 6.07) is 8.82. The van der Waals surface area contributed by atoms with Crippen LogP contribution in [0.1, 0.15) is 23.3 Å². The summed E-state index contributed by atoms with van der Waals surface area (Å²) in [6.45, 7) is 0. The molecule has 102 valence electrons. The lowest BCUT2D eigenvalue weighted by Gasteiger charge is -2.10. The molecule has 0 aliphatic rings. The third-order valence-corrected chi connectivity index (χ3v) is 4.24. The van der Waals surface area contributed by atoms with Gasteiger partial charge in [-0.05, 0) is 54.8 Å². The molecule has 19 heavy (non-hydrogen) atoms. The second-order valence-electron chi connectivity index (χ2n) is 4.58. The van der Waals surface area contributed by atoms with Gasteiger partial charge in [-0.3, -0.25) is 0 Å². The van der Waals surface area contributed by atoms with Crippen molar-refractivity contribution in [3.8, 4) is 0 Å². The maximum absolute atomic E-state index is 13.3. The summed E-state index contributed by atoms with van der Waals surface area (Å²) in [5.41, 5.74) is 0.783. The van der Waals surface area contributed by atoms with E-state index in [9.17, 15) is 9.50 Å². The van der Waals surface area contributed by atoms with Crippen molar-refractivity contribution in [3.63, 3.8) is 0 Å². The Bertz CT molecular complexity index is 513. The van der Waals surface area contributed by atoms with E-state index in [1.165, 1.54) is 17.0 Å². The zero-order chi connectivity index (χ0) is 13.7. The van der Waals surface area contributed by atoms with Gasteiger partial charge in [0.15, 0.2) is 0 Å². The molecule has 0 fully saturated rings. The monoisotopic (exact) mass is 298 g/mol. The quantitative estimate of drug-likeness (QED) is 0.834. The highest BCUT2D eigenvalue weighted by molar-refractivity contribution is 7.09. The normalized spacial score (nSPS) is 12.6. The van der Waals surface area contributed by atoms with E-state index in [1.807, 2.05) is 6.07 Å². The van der Waals surface area contributed by atoms with Crippen molar-refractivity contribution in [2.75, 3.05) is 0 Å². The highest BCUT2D eigenvalue weighted by Crippen LogP contribution is 2.18. The molecule has 0 spiro atoms. The lowest BCUT2D eigenvalue weighted by molar-refractivity contribution is 0.162. The Labute approximate surface area is 121 Å². The molecule has 1 heterocycles. The van der Waals surface area contributed by atoms with E-state index in [4.69, 9.17) is 11.6 Å². The van der Waals surface area contributed by atoms with Crippen molar-refractivity contribution in [1.82, 2.24) is 0 Å². The average molecular weight is 299 g/mol. The van der Waals surface area contributed by atoms with Crippen molar-refractivity contribution in [3.05, 3.63) is 57.0 Å². The zero-order valence-electron chi connectivity index (χ0n) is 10.5. The number of halogens is 2. The molecule has 0 saturated heterocycles. The van der Waals surface area contributed by atoms with Crippen molar-refractivity contribution in [1.29, 1.82) is 0 Å². The molecule has 0 aliphatic carbocycles. The van der Waals surface area contributed by atoms with Crippen LogP contribution in [0.3, 0.4) is 0 Å². The van der Waals surface area contributed by atoms with Crippen LogP contribution in [-0.2, 0) is 12.8 Å². The molecule has 0 saturated carbocycles. The van der Waals surface area contributed by atoms with Gasteiger partial charge in [0.25, 0.3) is 0 Å². The molecule has 4 heteroatoms. The number of benzene rings is 1. The number of aliphatic hydroxyl groups is 1. The molecular weight excluding hydrogens is 283 g/mol. The maximum atomic E-state index is 13.3. The van der Waals surface area contributed by atoms with Crippen molar-refractivity contribution >= 4 is 22.9 Å². The third kappa shape index (κ3) is 4.60. The average Bonchev–Trinajstić information content (AvgIpc) is 2.87. The lowest BCUT2D eigenvalue weighted by atomic mass is 10.0. The predicted octanol–water partition coefficient (Wildman–Crippen LogP) is 4.47. The summed E-state index contributed by atoms with van der Waals surface area (Å²) in [7, 11) is 0. The standard InChI is InChI=1S/C15H16ClFOS/c16-14-7-6-11(10-15(14)17)9-12(18)3-1-4-13-5-2-8-19-13/h2,5-8,10,12,18H,1,3-4,9H2. The van der Waals surface area contributed by atoms with E-state index in [1.54, 1.807) is 17.4 Å². The summed E-state index contributed by atoms with van der Waals surface area (Å²) in [4.78, 5) is 1.34. The summed E-state index contributed by atoms with van der Waals surface area (Å²) in [5, 5.41) is 12.1. The molecule has 2 aromatic rings. The Morgan fingerprint density at radius 2 is 2.16 bits per heavy atom. The van der Waals surface area contributed by atoms with E-state index < -0.39 is 11.9 Å². The molecule has 0 aliphatic heterocycles. The molecule has 1 atom stereocenters. The van der Waals surface area contributed by atoms with Gasteiger partial charge < -0.3 is 5.11 Å². The highest BCUT2D eigenvalue weighted by atomic mass is 35.5. The minimum atomic E-state index is -0.430. The van der Waals surface area contributed by atoms with Gasteiger partial charge in [-0.25, -0.2) is 4.39 Å². The summed E-state index contributed by atoms with van der Waals surface area (Å²) in [5.74, 6) is -0.426. The summed E-state index contributed by atoms with van der Waals surface area (Å²) < 4.78 is 13.3. The van der Waals surface area contributed by atoms with Crippen LogP contribution in [-0.4, -0.2) is 11.2 Å². The number of hydrogen-bond acceptors (Lipinski definition) is 2. The van der Waals surface area contributed by atoms with Gasteiger partial charge in [-0.2, -0.15) is 0 Å². The Balaban J connectivity index is 1.77. The Morgan fingerprint density at radius 3 is 2.84 bits per heavy atom. The number of aryl methyl sites for hydroxylation is 1. The van der Waals surface area contributed by atoms with Crippen molar-refractivity contribution < 1.29 is 9.50 Å². The van der Waals surface area contributed by atoms with Crippen molar-refractivity contribution in [2.24, 2.45) is 0 Å². The lowest BCUT2D eigenvalue weighted by Crippen LogP contribution is -2.10. The first-order valence-electron chi connectivity index (χ1n) is 6.29. The van der Waals surface area contributed by atoms with Crippen LogP contribution in [0.5, 0.6) is 0 Å². The van der Waals surface area contributed by atoms with Crippen LogP contribution in [0.25, 0.3) is 0 Å².